The van der Waals surface area contributed by atoms with E-state index in [-0.39, 0.29) is 5.57 Å². The lowest BCUT2D eigenvalue weighted by atomic mass is 10.1. The van der Waals surface area contributed by atoms with E-state index in [1.807, 2.05) is 84.9 Å². The molecule has 0 unspecified atom stereocenters. The SMILES string of the molecule is COc1ccc(N(c2ccc(C#Cc3ccc(-c4ccc(C=C(C#N)C(=O)O)cc4)s3)cc2)c2ccc(OC)cc2)cc1. The first-order valence-electron chi connectivity index (χ1n) is 13.2. The fraction of sp³-hybridized carbons (Fsp3) is 0.0556. The topological polar surface area (TPSA) is 82.8 Å². The average molecular weight is 583 g/mol. The number of thiophene rings is 1. The van der Waals surface area contributed by atoms with Crippen molar-refractivity contribution in [3.63, 3.8) is 0 Å². The zero-order valence-electron chi connectivity index (χ0n) is 23.4. The van der Waals surface area contributed by atoms with Crippen molar-refractivity contribution in [1.82, 2.24) is 0 Å². The number of carboxylic acids is 1. The zero-order valence-corrected chi connectivity index (χ0v) is 24.3. The van der Waals surface area contributed by atoms with Gasteiger partial charge in [0.15, 0.2) is 0 Å². The molecule has 43 heavy (non-hydrogen) atoms. The van der Waals surface area contributed by atoms with Crippen molar-refractivity contribution in [2.75, 3.05) is 19.1 Å². The molecule has 1 N–H and O–H groups in total. The first kappa shape index (κ1) is 28.8. The Bertz CT molecular complexity index is 1810. The van der Waals surface area contributed by atoms with Gasteiger partial charge in [-0.1, -0.05) is 36.1 Å². The molecule has 0 aliphatic heterocycles. The maximum Gasteiger partial charge on any atom is 0.346 e. The van der Waals surface area contributed by atoms with Gasteiger partial charge in [0.2, 0.25) is 0 Å². The molecule has 4 aromatic carbocycles. The van der Waals surface area contributed by atoms with Crippen LogP contribution in [0.25, 0.3) is 16.5 Å². The minimum atomic E-state index is -1.24. The van der Waals surface area contributed by atoms with Crippen LogP contribution >= 0.6 is 11.3 Å². The van der Waals surface area contributed by atoms with Crippen molar-refractivity contribution in [2.24, 2.45) is 0 Å². The molecule has 0 atom stereocenters. The van der Waals surface area contributed by atoms with E-state index in [9.17, 15) is 4.79 Å². The van der Waals surface area contributed by atoms with Gasteiger partial charge in [0, 0.05) is 27.5 Å². The number of hydrogen-bond donors (Lipinski definition) is 1. The number of aliphatic carboxylic acids is 1. The summed E-state index contributed by atoms with van der Waals surface area (Å²) in [5, 5.41) is 18.0. The van der Waals surface area contributed by atoms with Gasteiger partial charge in [-0.15, -0.1) is 11.3 Å². The molecule has 5 aromatic rings. The van der Waals surface area contributed by atoms with Gasteiger partial charge in [-0.25, -0.2) is 4.79 Å². The Balaban J connectivity index is 1.35. The van der Waals surface area contributed by atoms with Gasteiger partial charge in [-0.2, -0.15) is 5.26 Å². The number of ether oxygens (including phenoxy) is 2. The summed E-state index contributed by atoms with van der Waals surface area (Å²) in [6.45, 7) is 0. The maximum absolute atomic E-state index is 11.1. The molecule has 0 radical (unpaired) electrons. The Morgan fingerprint density at radius 2 is 1.28 bits per heavy atom. The second kappa shape index (κ2) is 13.3. The van der Waals surface area contributed by atoms with E-state index in [1.165, 1.54) is 6.08 Å². The number of hydrogen-bond acceptors (Lipinski definition) is 6. The highest BCUT2D eigenvalue weighted by Crippen LogP contribution is 2.36. The molecule has 0 aliphatic carbocycles. The number of benzene rings is 4. The van der Waals surface area contributed by atoms with Crippen molar-refractivity contribution in [1.29, 1.82) is 5.26 Å². The van der Waals surface area contributed by atoms with Crippen molar-refractivity contribution >= 4 is 40.4 Å². The van der Waals surface area contributed by atoms with Crippen LogP contribution in [0.3, 0.4) is 0 Å². The van der Waals surface area contributed by atoms with Crippen molar-refractivity contribution < 1.29 is 19.4 Å². The molecule has 1 aromatic heterocycles. The highest BCUT2D eigenvalue weighted by atomic mass is 32.1. The summed E-state index contributed by atoms with van der Waals surface area (Å²) >= 11 is 1.58. The molecule has 0 aliphatic rings. The van der Waals surface area contributed by atoms with E-state index in [0.29, 0.717) is 5.56 Å². The molecule has 0 saturated heterocycles. The van der Waals surface area contributed by atoms with Gasteiger partial charge in [0.05, 0.1) is 19.1 Å². The van der Waals surface area contributed by atoms with E-state index in [4.69, 9.17) is 19.8 Å². The Kier molecular flexibility index (Phi) is 8.87. The van der Waals surface area contributed by atoms with E-state index in [0.717, 1.165) is 49.4 Å². The molecule has 0 saturated carbocycles. The Labute approximate surface area is 254 Å². The predicted octanol–water partition coefficient (Wildman–Crippen LogP) is 8.29. The van der Waals surface area contributed by atoms with Crippen molar-refractivity contribution in [2.45, 2.75) is 0 Å². The summed E-state index contributed by atoms with van der Waals surface area (Å²) in [7, 11) is 3.31. The molecule has 210 valence electrons. The summed E-state index contributed by atoms with van der Waals surface area (Å²) in [6.07, 6.45) is 1.36. The number of nitrogens with zero attached hydrogens (tertiary/aromatic N) is 2. The van der Waals surface area contributed by atoms with Gasteiger partial charge < -0.3 is 19.5 Å². The zero-order chi connectivity index (χ0) is 30.2. The Morgan fingerprint density at radius 3 is 1.77 bits per heavy atom. The first-order chi connectivity index (χ1) is 21.0. The Morgan fingerprint density at radius 1 is 0.744 bits per heavy atom. The standard InChI is InChI=1S/C36H26N2O4S/c1-41-32-16-12-30(13-17-32)38(31-14-18-33(42-2)19-15-31)29-10-5-25(6-11-29)7-20-34-21-22-35(43-34)27-8-3-26(4-9-27)23-28(24-37)36(39)40/h3-6,8-19,21-23H,1-2H3,(H,39,40). The third kappa shape index (κ3) is 6.94. The minimum absolute atomic E-state index is 0.302. The monoisotopic (exact) mass is 582 g/mol. The van der Waals surface area contributed by atoms with Gasteiger partial charge in [0.25, 0.3) is 0 Å². The predicted molar refractivity (Wildman–Crippen MR) is 171 cm³/mol. The second-order valence-corrected chi connectivity index (χ2v) is 10.4. The Hall–Kier alpha value is -5.76. The van der Waals surface area contributed by atoms with Gasteiger partial charge in [-0.3, -0.25) is 0 Å². The quantitative estimate of drug-likeness (QED) is 0.113. The molecule has 7 heteroatoms. The number of carbonyl (C=O) groups is 1. The minimum Gasteiger partial charge on any atom is -0.497 e. The third-order valence-corrected chi connectivity index (χ3v) is 7.63. The van der Waals surface area contributed by atoms with E-state index < -0.39 is 5.97 Å². The van der Waals surface area contributed by atoms with E-state index in [1.54, 1.807) is 43.8 Å². The maximum atomic E-state index is 11.1. The number of anilines is 3. The van der Waals surface area contributed by atoms with Crippen LogP contribution in [0.1, 0.15) is 16.0 Å². The number of nitriles is 1. The lowest BCUT2D eigenvalue weighted by molar-refractivity contribution is -0.132. The second-order valence-electron chi connectivity index (χ2n) is 9.29. The normalized spacial score (nSPS) is 10.7. The van der Waals surface area contributed by atoms with Gasteiger partial charge >= 0.3 is 5.97 Å². The lowest BCUT2D eigenvalue weighted by Gasteiger charge is -2.25. The summed E-state index contributed by atoms with van der Waals surface area (Å²) in [4.78, 5) is 15.2. The first-order valence-corrected chi connectivity index (χ1v) is 14.0. The molecule has 0 fully saturated rings. The third-order valence-electron chi connectivity index (χ3n) is 6.58. The van der Waals surface area contributed by atoms with Gasteiger partial charge in [-0.05, 0) is 102 Å². The number of methoxy groups -OCH3 is 2. The average Bonchev–Trinajstić information content (AvgIpc) is 3.53. The molecule has 6 nitrogen and oxygen atoms in total. The van der Waals surface area contributed by atoms with Crippen LogP contribution in [0.2, 0.25) is 0 Å². The summed E-state index contributed by atoms with van der Waals surface area (Å²) < 4.78 is 10.7. The summed E-state index contributed by atoms with van der Waals surface area (Å²) in [5.41, 5.74) is 5.21. The lowest BCUT2D eigenvalue weighted by Crippen LogP contribution is -2.09. The molecule has 0 amide bonds. The molecule has 0 spiro atoms. The summed E-state index contributed by atoms with van der Waals surface area (Å²) in [5.74, 6) is 6.87. The van der Waals surface area contributed by atoms with Crippen molar-refractivity contribution in [3.8, 4) is 39.8 Å². The fourth-order valence-electron chi connectivity index (χ4n) is 4.35. The number of carboxylic acid groups (broad SMARTS) is 1. The molecule has 0 bridgehead atoms. The fourth-order valence-corrected chi connectivity index (χ4v) is 5.21. The molecular formula is C36H26N2O4S. The number of rotatable bonds is 8. The van der Waals surface area contributed by atoms with E-state index in [2.05, 4.69) is 28.9 Å². The smallest absolute Gasteiger partial charge is 0.346 e. The molecule has 1 heterocycles. The van der Waals surface area contributed by atoms with Crippen LogP contribution in [-0.4, -0.2) is 25.3 Å². The summed E-state index contributed by atoms with van der Waals surface area (Å²) in [6, 6.07) is 37.1. The molecule has 5 rings (SSSR count). The van der Waals surface area contributed by atoms with Crippen LogP contribution in [-0.2, 0) is 4.79 Å². The van der Waals surface area contributed by atoms with Crippen LogP contribution in [0, 0.1) is 23.2 Å². The highest BCUT2D eigenvalue weighted by molar-refractivity contribution is 7.16. The highest BCUT2D eigenvalue weighted by Gasteiger charge is 2.13. The van der Waals surface area contributed by atoms with Crippen LogP contribution in [0.5, 0.6) is 11.5 Å². The van der Waals surface area contributed by atoms with Gasteiger partial charge in [0.1, 0.15) is 23.1 Å². The van der Waals surface area contributed by atoms with E-state index >= 15 is 0 Å². The van der Waals surface area contributed by atoms with Crippen LogP contribution < -0.4 is 14.4 Å². The molecular weight excluding hydrogens is 556 g/mol. The largest absolute Gasteiger partial charge is 0.497 e. The van der Waals surface area contributed by atoms with Crippen LogP contribution in [0.4, 0.5) is 17.1 Å². The van der Waals surface area contributed by atoms with Crippen LogP contribution in [0.15, 0.2) is 115 Å². The van der Waals surface area contributed by atoms with Crippen molar-refractivity contribution in [3.05, 3.63) is 131 Å².